The first-order valence-electron chi connectivity index (χ1n) is 8.70. The van der Waals surface area contributed by atoms with Crippen molar-refractivity contribution < 1.29 is 5.11 Å². The highest BCUT2D eigenvalue weighted by Crippen LogP contribution is 2.25. The molecule has 0 fully saturated rings. The van der Waals surface area contributed by atoms with Crippen LogP contribution in [0.25, 0.3) is 11.0 Å². The SMILES string of the molecule is Cn1c(C(NCc2cccc(O)c2)c2ccccc2)nc2ccccc21. The zero-order chi connectivity index (χ0) is 17.9. The Kier molecular flexibility index (Phi) is 4.42. The van der Waals surface area contributed by atoms with E-state index < -0.39 is 0 Å². The number of aryl methyl sites for hydroxylation is 1. The Morgan fingerprint density at radius 2 is 1.73 bits per heavy atom. The van der Waals surface area contributed by atoms with Crippen molar-refractivity contribution in [2.75, 3.05) is 0 Å². The summed E-state index contributed by atoms with van der Waals surface area (Å²) in [6.07, 6.45) is 0. The molecule has 4 rings (SSSR count). The number of fused-ring (bicyclic) bond motifs is 1. The summed E-state index contributed by atoms with van der Waals surface area (Å²) in [5.41, 5.74) is 4.29. The quantitative estimate of drug-likeness (QED) is 0.572. The van der Waals surface area contributed by atoms with Gasteiger partial charge in [0, 0.05) is 13.6 Å². The molecule has 3 aromatic carbocycles. The maximum atomic E-state index is 9.71. The Morgan fingerprint density at radius 1 is 0.962 bits per heavy atom. The van der Waals surface area contributed by atoms with Gasteiger partial charge in [-0.05, 0) is 35.4 Å². The number of phenols is 1. The summed E-state index contributed by atoms with van der Waals surface area (Å²) in [4.78, 5) is 4.87. The van der Waals surface area contributed by atoms with Crippen LogP contribution in [0.4, 0.5) is 0 Å². The third-order valence-electron chi connectivity index (χ3n) is 4.63. The van der Waals surface area contributed by atoms with E-state index in [1.165, 1.54) is 0 Å². The predicted molar refractivity (Wildman–Crippen MR) is 104 cm³/mol. The Balaban J connectivity index is 1.72. The predicted octanol–water partition coefficient (Wildman–Crippen LogP) is 4.16. The topological polar surface area (TPSA) is 50.1 Å². The van der Waals surface area contributed by atoms with Crippen LogP contribution in [0.3, 0.4) is 0 Å². The van der Waals surface area contributed by atoms with E-state index in [9.17, 15) is 5.11 Å². The minimum atomic E-state index is -0.0454. The van der Waals surface area contributed by atoms with E-state index >= 15 is 0 Å². The summed E-state index contributed by atoms with van der Waals surface area (Å²) in [5.74, 6) is 1.25. The van der Waals surface area contributed by atoms with Crippen molar-refractivity contribution in [3.05, 3.63) is 95.8 Å². The number of imidazole rings is 1. The van der Waals surface area contributed by atoms with Crippen LogP contribution in [0.15, 0.2) is 78.9 Å². The molecule has 1 atom stereocenters. The van der Waals surface area contributed by atoms with Crippen molar-refractivity contribution in [3.8, 4) is 5.75 Å². The number of hydrogen-bond donors (Lipinski definition) is 2. The first kappa shape index (κ1) is 16.4. The van der Waals surface area contributed by atoms with E-state index in [2.05, 4.69) is 35.1 Å². The fourth-order valence-electron chi connectivity index (χ4n) is 3.31. The van der Waals surface area contributed by atoms with Gasteiger partial charge in [-0.25, -0.2) is 4.98 Å². The second kappa shape index (κ2) is 7.02. The van der Waals surface area contributed by atoms with Gasteiger partial charge in [-0.1, -0.05) is 54.6 Å². The van der Waals surface area contributed by atoms with Crippen molar-refractivity contribution in [2.45, 2.75) is 12.6 Å². The molecule has 0 radical (unpaired) electrons. The standard InChI is InChI=1S/C22H21N3O/c1-25-20-13-6-5-12-19(20)24-22(25)21(17-9-3-2-4-10-17)23-15-16-8-7-11-18(26)14-16/h2-14,21,23,26H,15H2,1H3. The maximum Gasteiger partial charge on any atom is 0.131 e. The lowest BCUT2D eigenvalue weighted by Gasteiger charge is -2.19. The lowest BCUT2D eigenvalue weighted by atomic mass is 10.1. The number of phenolic OH excluding ortho intramolecular Hbond substituents is 1. The highest BCUT2D eigenvalue weighted by Gasteiger charge is 2.20. The zero-order valence-corrected chi connectivity index (χ0v) is 14.6. The van der Waals surface area contributed by atoms with Gasteiger partial charge in [-0.3, -0.25) is 5.32 Å². The molecule has 0 aliphatic heterocycles. The largest absolute Gasteiger partial charge is 0.508 e. The molecule has 0 aliphatic rings. The summed E-state index contributed by atoms with van der Waals surface area (Å²) >= 11 is 0. The summed E-state index contributed by atoms with van der Waals surface area (Å²) in [5, 5.41) is 13.3. The van der Waals surface area contributed by atoms with Gasteiger partial charge in [0.05, 0.1) is 17.1 Å². The van der Waals surface area contributed by atoms with Gasteiger partial charge in [-0.15, -0.1) is 0 Å². The molecule has 4 aromatic rings. The lowest BCUT2D eigenvalue weighted by molar-refractivity contribution is 0.473. The van der Waals surface area contributed by atoms with Crippen LogP contribution < -0.4 is 5.32 Å². The van der Waals surface area contributed by atoms with E-state index in [-0.39, 0.29) is 11.8 Å². The van der Waals surface area contributed by atoms with Gasteiger partial charge < -0.3 is 9.67 Å². The van der Waals surface area contributed by atoms with Crippen molar-refractivity contribution in [3.63, 3.8) is 0 Å². The maximum absolute atomic E-state index is 9.71. The molecule has 1 aromatic heterocycles. The molecule has 4 nitrogen and oxygen atoms in total. The van der Waals surface area contributed by atoms with Crippen LogP contribution in [-0.4, -0.2) is 14.7 Å². The average Bonchev–Trinajstić information content (AvgIpc) is 3.00. The van der Waals surface area contributed by atoms with E-state index in [0.717, 1.165) is 28.0 Å². The fourth-order valence-corrected chi connectivity index (χ4v) is 3.31. The Bertz CT molecular complexity index is 1020. The van der Waals surface area contributed by atoms with Gasteiger partial charge in [-0.2, -0.15) is 0 Å². The minimum absolute atomic E-state index is 0.0454. The van der Waals surface area contributed by atoms with Gasteiger partial charge in [0.15, 0.2) is 0 Å². The molecule has 0 spiro atoms. The third-order valence-corrected chi connectivity index (χ3v) is 4.63. The Labute approximate surface area is 152 Å². The summed E-state index contributed by atoms with van der Waals surface area (Å²) in [6.45, 7) is 0.636. The molecular formula is C22H21N3O. The van der Waals surface area contributed by atoms with Crippen LogP contribution >= 0.6 is 0 Å². The fraction of sp³-hybridized carbons (Fsp3) is 0.136. The number of nitrogens with one attached hydrogen (secondary N) is 1. The molecule has 2 N–H and O–H groups in total. The number of hydrogen-bond acceptors (Lipinski definition) is 3. The molecule has 4 heteroatoms. The van der Waals surface area contributed by atoms with Crippen LogP contribution in [0.1, 0.15) is 23.0 Å². The highest BCUT2D eigenvalue weighted by atomic mass is 16.3. The Morgan fingerprint density at radius 3 is 2.50 bits per heavy atom. The van der Waals surface area contributed by atoms with Crippen molar-refractivity contribution >= 4 is 11.0 Å². The molecule has 26 heavy (non-hydrogen) atoms. The first-order chi connectivity index (χ1) is 12.7. The van der Waals surface area contributed by atoms with Crippen molar-refractivity contribution in [1.29, 1.82) is 0 Å². The second-order valence-electron chi connectivity index (χ2n) is 6.41. The molecule has 0 saturated heterocycles. The monoisotopic (exact) mass is 343 g/mol. The number of benzene rings is 3. The smallest absolute Gasteiger partial charge is 0.131 e. The van der Waals surface area contributed by atoms with E-state index in [4.69, 9.17) is 4.98 Å². The van der Waals surface area contributed by atoms with Crippen LogP contribution in [0.5, 0.6) is 5.75 Å². The van der Waals surface area contributed by atoms with E-state index in [0.29, 0.717) is 6.54 Å². The van der Waals surface area contributed by atoms with Crippen LogP contribution in [0, 0.1) is 0 Å². The normalized spacial score (nSPS) is 12.3. The van der Waals surface area contributed by atoms with Crippen LogP contribution in [0.2, 0.25) is 0 Å². The third kappa shape index (κ3) is 3.19. The number of aromatic hydroxyl groups is 1. The number of rotatable bonds is 5. The summed E-state index contributed by atoms with van der Waals surface area (Å²) in [7, 11) is 2.05. The highest BCUT2D eigenvalue weighted by molar-refractivity contribution is 5.76. The zero-order valence-electron chi connectivity index (χ0n) is 14.6. The van der Waals surface area contributed by atoms with Gasteiger partial charge in [0.2, 0.25) is 0 Å². The van der Waals surface area contributed by atoms with Gasteiger partial charge in [0.1, 0.15) is 11.6 Å². The first-order valence-corrected chi connectivity index (χ1v) is 8.70. The molecule has 0 aliphatic carbocycles. The minimum Gasteiger partial charge on any atom is -0.508 e. The molecule has 1 unspecified atom stereocenters. The summed E-state index contributed by atoms with van der Waals surface area (Å²) in [6, 6.07) is 25.8. The van der Waals surface area contributed by atoms with Gasteiger partial charge >= 0.3 is 0 Å². The van der Waals surface area contributed by atoms with E-state index in [1.807, 2.05) is 48.5 Å². The number of nitrogens with zero attached hydrogens (tertiary/aromatic N) is 2. The molecule has 1 heterocycles. The Hall–Kier alpha value is -3.11. The molecular weight excluding hydrogens is 322 g/mol. The molecule has 0 saturated carbocycles. The van der Waals surface area contributed by atoms with Gasteiger partial charge in [0.25, 0.3) is 0 Å². The van der Waals surface area contributed by atoms with Crippen LogP contribution in [-0.2, 0) is 13.6 Å². The van der Waals surface area contributed by atoms with E-state index in [1.54, 1.807) is 12.1 Å². The summed E-state index contributed by atoms with van der Waals surface area (Å²) < 4.78 is 2.14. The average molecular weight is 343 g/mol. The molecule has 0 amide bonds. The molecule has 0 bridgehead atoms. The lowest BCUT2D eigenvalue weighted by Crippen LogP contribution is -2.24. The van der Waals surface area contributed by atoms with Crippen molar-refractivity contribution in [1.82, 2.24) is 14.9 Å². The second-order valence-corrected chi connectivity index (χ2v) is 6.41. The number of para-hydroxylation sites is 2. The molecule has 130 valence electrons. The number of aromatic nitrogens is 2. The van der Waals surface area contributed by atoms with Crippen molar-refractivity contribution in [2.24, 2.45) is 7.05 Å².